The van der Waals surface area contributed by atoms with Crippen LogP contribution in [0.5, 0.6) is 0 Å². The van der Waals surface area contributed by atoms with Gasteiger partial charge in [-0.15, -0.1) is 0 Å². The van der Waals surface area contributed by atoms with Crippen molar-refractivity contribution in [2.75, 3.05) is 13.1 Å². The Morgan fingerprint density at radius 3 is 2.80 bits per heavy atom. The van der Waals surface area contributed by atoms with Gasteiger partial charge in [-0.3, -0.25) is 15.0 Å². The normalized spacial score (nSPS) is 18.6. The number of halogens is 1. The number of non-ortho nitro benzene ring substituents is 1. The zero-order chi connectivity index (χ0) is 18.6. The summed E-state index contributed by atoms with van der Waals surface area (Å²) in [5.74, 6) is 0. The molecule has 1 aliphatic heterocycles. The quantitative estimate of drug-likeness (QED) is 0.598. The third-order valence-electron chi connectivity index (χ3n) is 3.79. The molecule has 138 valence electrons. The van der Waals surface area contributed by atoms with Crippen LogP contribution in [-0.2, 0) is 11.3 Å². The molecule has 1 unspecified atom stereocenters. The fourth-order valence-electron chi connectivity index (χ4n) is 2.88. The molecule has 0 spiro atoms. The van der Waals surface area contributed by atoms with E-state index in [0.717, 1.165) is 24.9 Å². The second-order valence-electron chi connectivity index (χ2n) is 7.30. The largest absolute Gasteiger partial charge is 0.444 e. The molecule has 2 rings (SSSR count). The molecule has 1 N–H and O–H groups in total. The number of ether oxygens (including phenoxy) is 1. The number of nitrogens with zero attached hydrogens (tertiary/aromatic N) is 2. The van der Waals surface area contributed by atoms with Gasteiger partial charge >= 0.3 is 6.09 Å². The van der Waals surface area contributed by atoms with Gasteiger partial charge < -0.3 is 10.1 Å². The first-order valence-electron chi connectivity index (χ1n) is 8.28. The van der Waals surface area contributed by atoms with Crippen LogP contribution in [0.25, 0.3) is 0 Å². The molecule has 1 fully saturated rings. The number of carbonyl (C=O) groups is 1. The number of carbonyl (C=O) groups excluding carboxylic acids is 1. The van der Waals surface area contributed by atoms with Crippen molar-refractivity contribution in [1.29, 1.82) is 0 Å². The number of likely N-dealkylation sites (tertiary alicyclic amines) is 1. The Balaban J connectivity index is 1.95. The zero-order valence-electron chi connectivity index (χ0n) is 14.8. The zero-order valence-corrected chi connectivity index (χ0v) is 16.3. The van der Waals surface area contributed by atoms with Crippen LogP contribution >= 0.6 is 15.9 Å². The minimum absolute atomic E-state index is 0.0192. The van der Waals surface area contributed by atoms with Crippen molar-refractivity contribution in [3.63, 3.8) is 0 Å². The smallest absolute Gasteiger partial charge is 0.407 e. The Hall–Kier alpha value is -1.67. The monoisotopic (exact) mass is 413 g/mol. The Morgan fingerprint density at radius 2 is 2.16 bits per heavy atom. The molecule has 1 heterocycles. The topological polar surface area (TPSA) is 84.7 Å². The number of hydrogen-bond acceptors (Lipinski definition) is 5. The second kappa shape index (κ2) is 8.14. The molecule has 1 aromatic carbocycles. The van der Waals surface area contributed by atoms with E-state index in [1.165, 1.54) is 6.07 Å². The molecular formula is C17H24BrN3O4. The van der Waals surface area contributed by atoms with Crippen molar-refractivity contribution in [3.05, 3.63) is 38.3 Å². The van der Waals surface area contributed by atoms with Gasteiger partial charge in [0.05, 0.1) is 4.92 Å². The Bertz CT molecular complexity index is 645. The standard InChI is InChI=1S/C17H24BrN3O4/c1-17(2,3)25-16(22)19-14-5-4-6-20(11-14)10-12-7-13(18)9-15(8-12)21(23)24/h7-9,14H,4-6,10-11H2,1-3H3,(H,19,22). The van der Waals surface area contributed by atoms with Crippen LogP contribution < -0.4 is 5.32 Å². The van der Waals surface area contributed by atoms with E-state index >= 15 is 0 Å². The summed E-state index contributed by atoms with van der Waals surface area (Å²) >= 11 is 3.32. The van der Waals surface area contributed by atoms with Crippen LogP contribution in [-0.4, -0.2) is 40.6 Å². The molecule has 25 heavy (non-hydrogen) atoms. The summed E-state index contributed by atoms with van der Waals surface area (Å²) in [5, 5.41) is 13.9. The highest BCUT2D eigenvalue weighted by Gasteiger charge is 2.24. The average Bonchev–Trinajstić information content (AvgIpc) is 2.44. The summed E-state index contributed by atoms with van der Waals surface area (Å²) < 4.78 is 5.99. The first kappa shape index (κ1) is 19.7. The summed E-state index contributed by atoms with van der Waals surface area (Å²) in [7, 11) is 0. The van der Waals surface area contributed by atoms with Gasteiger partial charge in [-0.25, -0.2) is 4.79 Å². The number of nitro groups is 1. The van der Waals surface area contributed by atoms with E-state index in [-0.39, 0.29) is 11.7 Å². The molecular weight excluding hydrogens is 390 g/mol. The molecule has 0 aliphatic carbocycles. The molecule has 1 atom stereocenters. The predicted octanol–water partition coefficient (Wildman–Crippen LogP) is 3.85. The van der Waals surface area contributed by atoms with Gasteiger partial charge in [0.2, 0.25) is 0 Å². The third kappa shape index (κ3) is 6.62. The van der Waals surface area contributed by atoms with E-state index in [9.17, 15) is 14.9 Å². The minimum atomic E-state index is -0.520. The van der Waals surface area contributed by atoms with E-state index in [2.05, 4.69) is 26.1 Å². The summed E-state index contributed by atoms with van der Waals surface area (Å²) in [6.07, 6.45) is 1.45. The first-order valence-corrected chi connectivity index (χ1v) is 9.07. The number of rotatable bonds is 4. The van der Waals surface area contributed by atoms with Crippen LogP contribution in [0.1, 0.15) is 39.2 Å². The van der Waals surface area contributed by atoms with E-state index in [0.29, 0.717) is 17.6 Å². The summed E-state index contributed by atoms with van der Waals surface area (Å²) in [6, 6.07) is 4.99. The molecule has 0 saturated carbocycles. The van der Waals surface area contributed by atoms with Crippen LogP contribution in [0.2, 0.25) is 0 Å². The lowest BCUT2D eigenvalue weighted by Gasteiger charge is -2.33. The number of nitro benzene ring substituents is 1. The SMILES string of the molecule is CC(C)(C)OC(=O)NC1CCCN(Cc2cc(Br)cc([N+](=O)[O-])c2)C1. The van der Waals surface area contributed by atoms with Crippen molar-refractivity contribution < 1.29 is 14.5 Å². The highest BCUT2D eigenvalue weighted by atomic mass is 79.9. The lowest BCUT2D eigenvalue weighted by molar-refractivity contribution is -0.385. The molecule has 1 aliphatic rings. The Morgan fingerprint density at radius 1 is 1.44 bits per heavy atom. The van der Waals surface area contributed by atoms with Gasteiger partial charge in [0.25, 0.3) is 5.69 Å². The van der Waals surface area contributed by atoms with E-state index in [1.54, 1.807) is 6.07 Å². The van der Waals surface area contributed by atoms with Crippen LogP contribution in [0.15, 0.2) is 22.7 Å². The maximum atomic E-state index is 11.9. The highest BCUT2D eigenvalue weighted by molar-refractivity contribution is 9.10. The molecule has 1 saturated heterocycles. The molecule has 0 aromatic heterocycles. The van der Waals surface area contributed by atoms with Crippen LogP contribution in [0.3, 0.4) is 0 Å². The van der Waals surface area contributed by atoms with Gasteiger partial charge in [-0.2, -0.15) is 0 Å². The number of hydrogen-bond donors (Lipinski definition) is 1. The van der Waals surface area contributed by atoms with Gasteiger partial charge in [-0.1, -0.05) is 15.9 Å². The second-order valence-corrected chi connectivity index (χ2v) is 8.21. The number of piperidine rings is 1. The molecule has 1 aromatic rings. The van der Waals surface area contributed by atoms with Crippen molar-refractivity contribution in [1.82, 2.24) is 10.2 Å². The lowest BCUT2D eigenvalue weighted by atomic mass is 10.0. The van der Waals surface area contributed by atoms with E-state index in [1.807, 2.05) is 26.8 Å². The number of nitrogens with one attached hydrogen (secondary N) is 1. The molecule has 0 bridgehead atoms. The maximum Gasteiger partial charge on any atom is 0.407 e. The van der Waals surface area contributed by atoms with Crippen molar-refractivity contribution >= 4 is 27.7 Å². The highest BCUT2D eigenvalue weighted by Crippen LogP contribution is 2.23. The number of benzene rings is 1. The van der Waals surface area contributed by atoms with Crippen molar-refractivity contribution in [2.24, 2.45) is 0 Å². The molecule has 8 heteroatoms. The number of alkyl carbamates (subject to hydrolysis) is 1. The summed E-state index contributed by atoms with van der Waals surface area (Å²) in [5.41, 5.74) is 0.428. The Kier molecular flexibility index (Phi) is 6.40. The maximum absolute atomic E-state index is 11.9. The van der Waals surface area contributed by atoms with Crippen molar-refractivity contribution in [2.45, 2.75) is 51.8 Å². The van der Waals surface area contributed by atoms with E-state index < -0.39 is 16.6 Å². The summed E-state index contributed by atoms with van der Waals surface area (Å²) in [4.78, 5) is 24.7. The molecule has 7 nitrogen and oxygen atoms in total. The van der Waals surface area contributed by atoms with Gasteiger partial charge in [0.15, 0.2) is 0 Å². The summed E-state index contributed by atoms with van der Waals surface area (Å²) in [6.45, 7) is 7.69. The lowest BCUT2D eigenvalue weighted by Crippen LogP contribution is -2.48. The average molecular weight is 414 g/mol. The fourth-order valence-corrected chi connectivity index (χ4v) is 3.41. The van der Waals surface area contributed by atoms with Gasteiger partial charge in [-0.05, 0) is 51.8 Å². The van der Waals surface area contributed by atoms with Gasteiger partial charge in [0.1, 0.15) is 5.60 Å². The van der Waals surface area contributed by atoms with Crippen molar-refractivity contribution in [3.8, 4) is 0 Å². The molecule has 1 amide bonds. The predicted molar refractivity (Wildman–Crippen MR) is 98.5 cm³/mol. The van der Waals surface area contributed by atoms with E-state index in [4.69, 9.17) is 4.74 Å². The van der Waals surface area contributed by atoms with Crippen LogP contribution in [0.4, 0.5) is 10.5 Å². The third-order valence-corrected chi connectivity index (χ3v) is 4.24. The van der Waals surface area contributed by atoms with Crippen LogP contribution in [0, 0.1) is 10.1 Å². The minimum Gasteiger partial charge on any atom is -0.444 e. The first-order chi connectivity index (χ1) is 11.6. The Labute approximate surface area is 156 Å². The molecule has 0 radical (unpaired) electrons. The fraction of sp³-hybridized carbons (Fsp3) is 0.588. The van der Waals surface area contributed by atoms with Gasteiger partial charge in [0, 0.05) is 35.7 Å². The number of amides is 1.